The third kappa shape index (κ3) is 4.18. The fraction of sp³-hybridized carbons (Fsp3) is 0.308. The molecule has 4 nitrogen and oxygen atoms in total. The van der Waals surface area contributed by atoms with E-state index in [-0.39, 0.29) is 0 Å². The SMILES string of the molecule is COc1ccc(OC)c(CC/C=C/C(=O)O)c1. The van der Waals surface area contributed by atoms with Gasteiger partial charge in [0.15, 0.2) is 0 Å². The number of ether oxygens (including phenoxy) is 2. The van der Waals surface area contributed by atoms with Crippen molar-refractivity contribution >= 4 is 5.97 Å². The minimum atomic E-state index is -0.928. The topological polar surface area (TPSA) is 55.8 Å². The zero-order valence-corrected chi connectivity index (χ0v) is 9.97. The lowest BCUT2D eigenvalue weighted by Gasteiger charge is -2.09. The third-order valence-electron chi connectivity index (χ3n) is 2.33. The first-order valence-electron chi connectivity index (χ1n) is 5.27. The Bertz CT molecular complexity index is 410. The third-order valence-corrected chi connectivity index (χ3v) is 2.33. The Morgan fingerprint density at radius 3 is 2.71 bits per heavy atom. The van der Waals surface area contributed by atoms with Gasteiger partial charge in [0.1, 0.15) is 11.5 Å². The van der Waals surface area contributed by atoms with Crippen molar-refractivity contribution in [2.24, 2.45) is 0 Å². The lowest BCUT2D eigenvalue weighted by molar-refractivity contribution is -0.131. The first-order valence-corrected chi connectivity index (χ1v) is 5.27. The van der Waals surface area contributed by atoms with Gasteiger partial charge in [0.2, 0.25) is 0 Å². The molecule has 0 aliphatic carbocycles. The minimum Gasteiger partial charge on any atom is -0.497 e. The van der Waals surface area contributed by atoms with Crippen molar-refractivity contribution in [1.29, 1.82) is 0 Å². The Morgan fingerprint density at radius 1 is 1.35 bits per heavy atom. The molecule has 0 saturated heterocycles. The van der Waals surface area contributed by atoms with Crippen molar-refractivity contribution in [3.05, 3.63) is 35.9 Å². The van der Waals surface area contributed by atoms with Gasteiger partial charge in [0.05, 0.1) is 14.2 Å². The van der Waals surface area contributed by atoms with Gasteiger partial charge in [-0.1, -0.05) is 6.08 Å². The van der Waals surface area contributed by atoms with E-state index in [2.05, 4.69) is 0 Å². The Hall–Kier alpha value is -1.97. The van der Waals surface area contributed by atoms with Crippen LogP contribution in [0, 0.1) is 0 Å². The molecule has 0 aliphatic heterocycles. The summed E-state index contributed by atoms with van der Waals surface area (Å²) in [5.74, 6) is 0.625. The Balaban J connectivity index is 2.70. The molecule has 0 radical (unpaired) electrons. The molecule has 0 spiro atoms. The molecule has 0 fully saturated rings. The summed E-state index contributed by atoms with van der Waals surface area (Å²) >= 11 is 0. The van der Waals surface area contributed by atoms with Crippen LogP contribution in [-0.2, 0) is 11.2 Å². The quantitative estimate of drug-likeness (QED) is 0.770. The zero-order valence-electron chi connectivity index (χ0n) is 9.97. The highest BCUT2D eigenvalue weighted by atomic mass is 16.5. The van der Waals surface area contributed by atoms with Crippen LogP contribution in [-0.4, -0.2) is 25.3 Å². The second kappa shape index (κ2) is 6.58. The second-order valence-corrected chi connectivity index (χ2v) is 3.46. The van der Waals surface area contributed by atoms with Crippen molar-refractivity contribution in [2.45, 2.75) is 12.8 Å². The van der Waals surface area contributed by atoms with E-state index >= 15 is 0 Å². The summed E-state index contributed by atoms with van der Waals surface area (Å²) < 4.78 is 10.4. The number of hydrogen-bond donors (Lipinski definition) is 1. The van der Waals surface area contributed by atoms with E-state index in [1.807, 2.05) is 18.2 Å². The van der Waals surface area contributed by atoms with Gasteiger partial charge in [0.25, 0.3) is 0 Å². The first kappa shape index (κ1) is 13.1. The molecule has 92 valence electrons. The molecule has 0 aromatic heterocycles. The van der Waals surface area contributed by atoms with Crippen LogP contribution in [0.1, 0.15) is 12.0 Å². The predicted molar refractivity (Wildman–Crippen MR) is 64.6 cm³/mol. The number of aliphatic carboxylic acids is 1. The molecule has 0 amide bonds. The Morgan fingerprint density at radius 2 is 2.12 bits per heavy atom. The van der Waals surface area contributed by atoms with E-state index in [4.69, 9.17) is 14.6 Å². The average Bonchev–Trinajstić information content (AvgIpc) is 2.34. The highest BCUT2D eigenvalue weighted by molar-refractivity contribution is 5.79. The largest absolute Gasteiger partial charge is 0.497 e. The van der Waals surface area contributed by atoms with Crippen LogP contribution < -0.4 is 9.47 Å². The summed E-state index contributed by atoms with van der Waals surface area (Å²) in [6.45, 7) is 0. The molecule has 0 saturated carbocycles. The van der Waals surface area contributed by atoms with Gasteiger partial charge in [-0.05, 0) is 36.6 Å². The fourth-order valence-electron chi connectivity index (χ4n) is 1.50. The Labute approximate surface area is 100 Å². The van der Waals surface area contributed by atoms with Crippen molar-refractivity contribution in [3.8, 4) is 11.5 Å². The molecule has 17 heavy (non-hydrogen) atoms. The van der Waals surface area contributed by atoms with E-state index in [0.717, 1.165) is 23.1 Å². The van der Waals surface area contributed by atoms with Crippen LogP contribution in [0.25, 0.3) is 0 Å². The normalized spacial score (nSPS) is 10.5. The van der Waals surface area contributed by atoms with Crippen LogP contribution in [0.4, 0.5) is 0 Å². The summed E-state index contributed by atoms with van der Waals surface area (Å²) in [5.41, 5.74) is 1.00. The zero-order chi connectivity index (χ0) is 12.7. The number of aryl methyl sites for hydroxylation is 1. The highest BCUT2D eigenvalue weighted by Crippen LogP contribution is 2.25. The van der Waals surface area contributed by atoms with Crippen LogP contribution in [0.3, 0.4) is 0 Å². The van der Waals surface area contributed by atoms with E-state index in [0.29, 0.717) is 12.8 Å². The summed E-state index contributed by atoms with van der Waals surface area (Å²) in [5, 5.41) is 8.46. The fourth-order valence-corrected chi connectivity index (χ4v) is 1.50. The maximum absolute atomic E-state index is 10.3. The molecule has 1 N–H and O–H groups in total. The standard InChI is InChI=1S/C13H16O4/c1-16-11-7-8-12(17-2)10(9-11)5-3-4-6-13(14)15/h4,6-9H,3,5H2,1-2H3,(H,14,15)/b6-4+. The summed E-state index contributed by atoms with van der Waals surface area (Å²) in [7, 11) is 3.22. The number of carboxylic acid groups (broad SMARTS) is 1. The minimum absolute atomic E-state index is 0.649. The van der Waals surface area contributed by atoms with E-state index in [9.17, 15) is 4.79 Å². The number of methoxy groups -OCH3 is 2. The van der Waals surface area contributed by atoms with Crippen LogP contribution >= 0.6 is 0 Å². The molecule has 1 aromatic rings. The maximum Gasteiger partial charge on any atom is 0.327 e. The number of carbonyl (C=O) groups is 1. The van der Waals surface area contributed by atoms with Crippen LogP contribution in [0.15, 0.2) is 30.4 Å². The average molecular weight is 236 g/mol. The number of carboxylic acids is 1. The van der Waals surface area contributed by atoms with Gasteiger partial charge >= 0.3 is 5.97 Å². The number of allylic oxidation sites excluding steroid dienone is 1. The molecular weight excluding hydrogens is 220 g/mol. The van der Waals surface area contributed by atoms with Gasteiger partial charge < -0.3 is 14.6 Å². The van der Waals surface area contributed by atoms with Crippen molar-refractivity contribution in [2.75, 3.05) is 14.2 Å². The highest BCUT2D eigenvalue weighted by Gasteiger charge is 2.03. The van der Waals surface area contributed by atoms with Crippen molar-refractivity contribution in [1.82, 2.24) is 0 Å². The molecule has 0 aliphatic rings. The van der Waals surface area contributed by atoms with Gasteiger partial charge in [-0.2, -0.15) is 0 Å². The second-order valence-electron chi connectivity index (χ2n) is 3.46. The molecule has 0 heterocycles. The lowest BCUT2D eigenvalue weighted by atomic mass is 10.1. The summed E-state index contributed by atoms with van der Waals surface area (Å²) in [6, 6.07) is 5.57. The number of rotatable bonds is 6. The van der Waals surface area contributed by atoms with Gasteiger partial charge in [-0.25, -0.2) is 4.79 Å². The van der Waals surface area contributed by atoms with E-state index in [1.165, 1.54) is 0 Å². The molecule has 0 atom stereocenters. The molecule has 0 unspecified atom stereocenters. The lowest BCUT2D eigenvalue weighted by Crippen LogP contribution is -1.94. The summed E-state index contributed by atoms with van der Waals surface area (Å²) in [4.78, 5) is 10.3. The predicted octanol–water partition coefficient (Wildman–Crippen LogP) is 2.28. The monoisotopic (exact) mass is 236 g/mol. The maximum atomic E-state index is 10.3. The number of hydrogen-bond acceptors (Lipinski definition) is 3. The first-order chi connectivity index (χ1) is 8.17. The molecule has 4 heteroatoms. The van der Waals surface area contributed by atoms with Gasteiger partial charge in [-0.15, -0.1) is 0 Å². The number of benzene rings is 1. The van der Waals surface area contributed by atoms with Crippen LogP contribution in [0.2, 0.25) is 0 Å². The van der Waals surface area contributed by atoms with Gasteiger partial charge in [-0.3, -0.25) is 0 Å². The molecule has 1 aromatic carbocycles. The smallest absolute Gasteiger partial charge is 0.327 e. The van der Waals surface area contributed by atoms with Crippen molar-refractivity contribution in [3.63, 3.8) is 0 Å². The van der Waals surface area contributed by atoms with E-state index < -0.39 is 5.97 Å². The molecular formula is C13H16O4. The van der Waals surface area contributed by atoms with Crippen molar-refractivity contribution < 1.29 is 19.4 Å². The Kier molecular flexibility index (Phi) is 5.07. The molecule has 0 bridgehead atoms. The molecule has 1 rings (SSSR count). The van der Waals surface area contributed by atoms with Gasteiger partial charge in [0, 0.05) is 6.08 Å². The van der Waals surface area contributed by atoms with E-state index in [1.54, 1.807) is 20.3 Å². The summed E-state index contributed by atoms with van der Waals surface area (Å²) in [6.07, 6.45) is 4.13. The van der Waals surface area contributed by atoms with Crippen LogP contribution in [0.5, 0.6) is 11.5 Å².